The molecule has 118 valence electrons. The van der Waals surface area contributed by atoms with Gasteiger partial charge in [-0.2, -0.15) is 0 Å². The number of piperidine rings is 1. The van der Waals surface area contributed by atoms with Gasteiger partial charge in [-0.15, -0.1) is 0 Å². The zero-order chi connectivity index (χ0) is 15.1. The number of ether oxygens (including phenoxy) is 1. The minimum absolute atomic E-state index is 0.585. The third-order valence-electron chi connectivity index (χ3n) is 4.66. The van der Waals surface area contributed by atoms with Crippen LogP contribution in [-0.2, 0) is 6.42 Å². The Morgan fingerprint density at radius 2 is 2.00 bits per heavy atom. The van der Waals surface area contributed by atoms with Gasteiger partial charge in [-0.25, -0.2) is 0 Å². The van der Waals surface area contributed by atoms with Gasteiger partial charge in [0, 0.05) is 6.04 Å². The molecule has 0 aromatic heterocycles. The summed E-state index contributed by atoms with van der Waals surface area (Å²) in [5.74, 6) is 1.88. The van der Waals surface area contributed by atoms with Crippen LogP contribution in [0.15, 0.2) is 24.3 Å². The first kappa shape index (κ1) is 16.3. The van der Waals surface area contributed by atoms with Gasteiger partial charge in [0.2, 0.25) is 0 Å². The zero-order valence-electron chi connectivity index (χ0n) is 13.8. The number of nitrogens with zero attached hydrogens (tertiary/aromatic N) is 1. The second kappa shape index (κ2) is 8.40. The Balaban J connectivity index is 1.83. The van der Waals surface area contributed by atoms with E-state index < -0.39 is 0 Å². The number of methoxy groups -OCH3 is 1. The van der Waals surface area contributed by atoms with Crippen LogP contribution < -0.4 is 10.1 Å². The summed E-state index contributed by atoms with van der Waals surface area (Å²) < 4.78 is 5.47. The molecule has 1 aromatic carbocycles. The van der Waals surface area contributed by atoms with Crippen LogP contribution in [0, 0.1) is 5.92 Å². The van der Waals surface area contributed by atoms with Crippen LogP contribution in [0.25, 0.3) is 0 Å². The molecule has 3 heteroatoms. The third-order valence-corrected chi connectivity index (χ3v) is 4.66. The quantitative estimate of drug-likeness (QED) is 0.835. The summed E-state index contributed by atoms with van der Waals surface area (Å²) in [5.41, 5.74) is 1.32. The van der Waals surface area contributed by atoms with Crippen LogP contribution in [0.3, 0.4) is 0 Å². The van der Waals surface area contributed by atoms with E-state index in [9.17, 15) is 0 Å². The highest BCUT2D eigenvalue weighted by Gasteiger charge is 2.23. The van der Waals surface area contributed by atoms with Gasteiger partial charge < -0.3 is 15.0 Å². The van der Waals surface area contributed by atoms with Gasteiger partial charge in [0.1, 0.15) is 5.75 Å². The van der Waals surface area contributed by atoms with Gasteiger partial charge in [-0.05, 0) is 69.9 Å². The highest BCUT2D eigenvalue weighted by Crippen LogP contribution is 2.23. The molecular formula is C18H30N2O. The maximum absolute atomic E-state index is 5.47. The molecule has 0 spiro atoms. The normalized spacial score (nSPS) is 18.6. The maximum atomic E-state index is 5.47. The third kappa shape index (κ3) is 4.72. The van der Waals surface area contributed by atoms with E-state index in [0.717, 1.165) is 24.6 Å². The largest absolute Gasteiger partial charge is 0.496 e. The van der Waals surface area contributed by atoms with Crippen molar-refractivity contribution in [1.29, 1.82) is 0 Å². The summed E-state index contributed by atoms with van der Waals surface area (Å²) in [7, 11) is 1.76. The zero-order valence-corrected chi connectivity index (χ0v) is 13.8. The summed E-state index contributed by atoms with van der Waals surface area (Å²) in [6.45, 7) is 9.26. The lowest BCUT2D eigenvalue weighted by atomic mass is 9.94. The number of benzene rings is 1. The van der Waals surface area contributed by atoms with E-state index in [1.807, 2.05) is 6.07 Å². The van der Waals surface area contributed by atoms with Crippen molar-refractivity contribution in [2.24, 2.45) is 5.92 Å². The molecule has 1 heterocycles. The molecule has 2 rings (SSSR count). The Morgan fingerprint density at radius 1 is 1.29 bits per heavy atom. The van der Waals surface area contributed by atoms with Crippen LogP contribution >= 0.6 is 0 Å². The average Bonchev–Trinajstić information content (AvgIpc) is 2.54. The van der Waals surface area contributed by atoms with Crippen LogP contribution in [0.2, 0.25) is 0 Å². The second-order valence-electron chi connectivity index (χ2n) is 6.15. The van der Waals surface area contributed by atoms with Gasteiger partial charge in [0.15, 0.2) is 0 Å². The number of hydrogen-bond donors (Lipinski definition) is 1. The van der Waals surface area contributed by atoms with E-state index in [2.05, 4.69) is 42.3 Å². The molecule has 1 N–H and O–H groups in total. The van der Waals surface area contributed by atoms with E-state index in [-0.39, 0.29) is 0 Å². The predicted molar refractivity (Wildman–Crippen MR) is 89.0 cm³/mol. The molecule has 1 aromatic rings. The van der Waals surface area contributed by atoms with Gasteiger partial charge in [-0.1, -0.05) is 25.1 Å². The fourth-order valence-corrected chi connectivity index (χ4v) is 3.27. The van der Waals surface area contributed by atoms with Crippen LogP contribution in [-0.4, -0.2) is 44.2 Å². The van der Waals surface area contributed by atoms with E-state index in [4.69, 9.17) is 4.74 Å². The fraction of sp³-hybridized carbons (Fsp3) is 0.667. The maximum Gasteiger partial charge on any atom is 0.122 e. The summed E-state index contributed by atoms with van der Waals surface area (Å²) in [6.07, 6.45) is 3.72. The van der Waals surface area contributed by atoms with E-state index in [1.54, 1.807) is 7.11 Å². The molecule has 1 saturated heterocycles. The topological polar surface area (TPSA) is 24.5 Å². The van der Waals surface area contributed by atoms with Crippen molar-refractivity contribution in [3.05, 3.63) is 29.8 Å². The van der Waals surface area contributed by atoms with Crippen molar-refractivity contribution < 1.29 is 4.74 Å². The Bertz CT molecular complexity index is 413. The molecule has 21 heavy (non-hydrogen) atoms. The molecule has 1 aliphatic rings. The Labute approximate surface area is 129 Å². The smallest absolute Gasteiger partial charge is 0.122 e. The molecule has 1 aliphatic heterocycles. The van der Waals surface area contributed by atoms with E-state index >= 15 is 0 Å². The Morgan fingerprint density at radius 3 is 2.67 bits per heavy atom. The fourth-order valence-electron chi connectivity index (χ4n) is 3.27. The van der Waals surface area contributed by atoms with Crippen molar-refractivity contribution in [2.45, 2.75) is 39.2 Å². The molecule has 1 fully saturated rings. The number of para-hydroxylation sites is 1. The number of rotatable bonds is 7. The van der Waals surface area contributed by atoms with Crippen LogP contribution in [0.1, 0.15) is 32.3 Å². The minimum atomic E-state index is 0.585. The molecule has 3 nitrogen and oxygen atoms in total. The van der Waals surface area contributed by atoms with Crippen molar-refractivity contribution >= 4 is 0 Å². The van der Waals surface area contributed by atoms with Gasteiger partial charge >= 0.3 is 0 Å². The predicted octanol–water partition coefficient (Wildman–Crippen LogP) is 2.95. The number of hydrogen-bond acceptors (Lipinski definition) is 3. The minimum Gasteiger partial charge on any atom is -0.496 e. The molecule has 0 aliphatic carbocycles. The summed E-state index contributed by atoms with van der Waals surface area (Å²) in [5, 5.41) is 3.48. The summed E-state index contributed by atoms with van der Waals surface area (Å²) in [4.78, 5) is 2.63. The van der Waals surface area contributed by atoms with Gasteiger partial charge in [0.25, 0.3) is 0 Å². The lowest BCUT2D eigenvalue weighted by Crippen LogP contribution is -2.42. The number of nitrogens with one attached hydrogen (secondary N) is 1. The molecule has 0 amide bonds. The highest BCUT2D eigenvalue weighted by molar-refractivity contribution is 5.33. The average molecular weight is 290 g/mol. The van der Waals surface area contributed by atoms with Crippen molar-refractivity contribution in [3.63, 3.8) is 0 Å². The Kier molecular flexibility index (Phi) is 6.52. The second-order valence-corrected chi connectivity index (χ2v) is 6.15. The van der Waals surface area contributed by atoms with E-state index in [1.165, 1.54) is 38.0 Å². The van der Waals surface area contributed by atoms with Gasteiger partial charge in [0.05, 0.1) is 7.11 Å². The first-order valence-corrected chi connectivity index (χ1v) is 8.31. The lowest BCUT2D eigenvalue weighted by Gasteiger charge is -2.36. The first-order chi connectivity index (χ1) is 10.2. The van der Waals surface area contributed by atoms with Crippen LogP contribution in [0.5, 0.6) is 5.75 Å². The highest BCUT2D eigenvalue weighted by atomic mass is 16.5. The monoisotopic (exact) mass is 290 g/mol. The first-order valence-electron chi connectivity index (χ1n) is 8.31. The number of likely N-dealkylation sites (tertiary alicyclic amines) is 1. The van der Waals surface area contributed by atoms with Crippen molar-refractivity contribution in [3.8, 4) is 5.75 Å². The van der Waals surface area contributed by atoms with Gasteiger partial charge in [-0.3, -0.25) is 0 Å². The molecular weight excluding hydrogens is 260 g/mol. The molecule has 0 bridgehead atoms. The molecule has 1 atom stereocenters. The summed E-state index contributed by atoms with van der Waals surface area (Å²) in [6, 6.07) is 8.98. The molecule has 0 saturated carbocycles. The van der Waals surface area contributed by atoms with Crippen molar-refractivity contribution in [1.82, 2.24) is 10.2 Å². The molecule has 1 unspecified atom stereocenters. The lowest BCUT2D eigenvalue weighted by molar-refractivity contribution is 0.139. The Hall–Kier alpha value is -1.06. The standard InChI is InChI=1S/C18H30N2O/c1-4-19-14-16-9-11-20(12-10-16)15(2)13-17-7-5-6-8-18(17)21-3/h5-8,15-16,19H,4,9-14H2,1-3H3. The van der Waals surface area contributed by atoms with E-state index in [0.29, 0.717) is 6.04 Å². The summed E-state index contributed by atoms with van der Waals surface area (Å²) >= 11 is 0. The molecule has 0 radical (unpaired) electrons. The SMILES string of the molecule is CCNCC1CCN(C(C)Cc2ccccc2OC)CC1. The van der Waals surface area contributed by atoms with Crippen molar-refractivity contribution in [2.75, 3.05) is 33.3 Å². The van der Waals surface area contributed by atoms with Crippen LogP contribution in [0.4, 0.5) is 0 Å².